The van der Waals surface area contributed by atoms with Gasteiger partial charge in [0.05, 0.1) is 11.1 Å². The van der Waals surface area contributed by atoms with Gasteiger partial charge in [-0.2, -0.15) is 0 Å². The zero-order valence-electron chi connectivity index (χ0n) is 14.6. The van der Waals surface area contributed by atoms with Gasteiger partial charge in [-0.25, -0.2) is 4.79 Å². The lowest BCUT2D eigenvalue weighted by Crippen LogP contribution is -2.39. The molecule has 5 heteroatoms. The average Bonchev–Trinajstić information content (AvgIpc) is 2.93. The van der Waals surface area contributed by atoms with Crippen LogP contribution in [-0.4, -0.2) is 35.0 Å². The Hall–Kier alpha value is -2.56. The molecule has 3 rings (SSSR count). The molecule has 2 heterocycles. The number of hydrogen-bond donors (Lipinski definition) is 1. The second-order valence-corrected chi connectivity index (χ2v) is 6.73. The van der Waals surface area contributed by atoms with Crippen LogP contribution in [0.15, 0.2) is 34.7 Å². The van der Waals surface area contributed by atoms with Crippen LogP contribution >= 0.6 is 0 Å². The van der Waals surface area contributed by atoms with E-state index in [1.54, 1.807) is 18.2 Å². The molecule has 5 nitrogen and oxygen atoms in total. The molecule has 132 valence electrons. The van der Waals surface area contributed by atoms with E-state index in [1.165, 1.54) is 0 Å². The Morgan fingerprint density at radius 3 is 2.44 bits per heavy atom. The maximum absolute atomic E-state index is 12.6. The Morgan fingerprint density at radius 2 is 1.84 bits per heavy atom. The molecule has 0 unspecified atom stereocenters. The number of nitrogens with zero attached hydrogens (tertiary/aromatic N) is 1. The zero-order chi connectivity index (χ0) is 18.0. The first-order chi connectivity index (χ1) is 12.0. The average molecular weight is 341 g/mol. The smallest absolute Gasteiger partial charge is 0.335 e. The Labute approximate surface area is 147 Å². The Morgan fingerprint density at radius 1 is 1.16 bits per heavy atom. The molecule has 0 radical (unpaired) electrons. The Bertz CT molecular complexity index is 785. The number of carboxylic acid groups (broad SMARTS) is 1. The molecule has 1 aromatic carbocycles. The quantitative estimate of drug-likeness (QED) is 0.921. The molecule has 0 atom stereocenters. The van der Waals surface area contributed by atoms with Gasteiger partial charge in [-0.15, -0.1) is 0 Å². The molecule has 1 saturated heterocycles. The van der Waals surface area contributed by atoms with Crippen molar-refractivity contribution in [3.05, 3.63) is 58.5 Å². The molecule has 2 aromatic rings. The second-order valence-electron chi connectivity index (χ2n) is 6.73. The lowest BCUT2D eigenvalue weighted by Gasteiger charge is -2.32. The first kappa shape index (κ1) is 17.3. The minimum atomic E-state index is -0.881. The van der Waals surface area contributed by atoms with Crippen LogP contribution in [0.2, 0.25) is 0 Å². The monoisotopic (exact) mass is 341 g/mol. The van der Waals surface area contributed by atoms with E-state index >= 15 is 0 Å². The van der Waals surface area contributed by atoms with E-state index in [4.69, 9.17) is 4.42 Å². The molecule has 1 amide bonds. The fraction of sp³-hybridized carbons (Fsp3) is 0.400. The van der Waals surface area contributed by atoms with Gasteiger partial charge in [0.1, 0.15) is 11.5 Å². The topological polar surface area (TPSA) is 70.8 Å². The number of carbonyl (C=O) groups excluding carboxylic acids is 1. The Kier molecular flexibility index (Phi) is 4.93. The molecule has 1 aliphatic heterocycles. The molecule has 1 fully saturated rings. The second kappa shape index (κ2) is 7.13. The first-order valence-electron chi connectivity index (χ1n) is 8.63. The predicted octanol–water partition coefficient (Wildman–Crippen LogP) is 3.69. The standard InChI is InChI=1S/C20H23NO4/c1-13-11-18(14(2)25-13)19(22)21-9-7-15(8-10-21)12-16-5-3-4-6-17(16)20(23)24/h3-6,11,15H,7-10,12H2,1-2H3,(H,23,24). The van der Waals surface area contributed by atoms with Crippen LogP contribution < -0.4 is 0 Å². The number of piperidine rings is 1. The van der Waals surface area contributed by atoms with E-state index < -0.39 is 5.97 Å². The van der Waals surface area contributed by atoms with Crippen LogP contribution in [0.1, 0.15) is 50.6 Å². The SMILES string of the molecule is Cc1cc(C(=O)N2CCC(Cc3ccccc3C(=O)O)CC2)c(C)o1. The summed E-state index contributed by atoms with van der Waals surface area (Å²) in [6.45, 7) is 5.05. The van der Waals surface area contributed by atoms with Crippen molar-refractivity contribution in [2.45, 2.75) is 33.1 Å². The summed E-state index contributed by atoms with van der Waals surface area (Å²) in [6.07, 6.45) is 2.51. The maximum Gasteiger partial charge on any atom is 0.335 e. The van der Waals surface area contributed by atoms with Crippen LogP contribution in [0.4, 0.5) is 0 Å². The van der Waals surface area contributed by atoms with Crippen molar-refractivity contribution in [1.82, 2.24) is 4.90 Å². The Balaban J connectivity index is 1.62. The van der Waals surface area contributed by atoms with Crippen LogP contribution in [0.3, 0.4) is 0 Å². The van der Waals surface area contributed by atoms with Gasteiger partial charge in [0.25, 0.3) is 5.91 Å². The molecule has 1 N–H and O–H groups in total. The number of aromatic carboxylic acids is 1. The fourth-order valence-corrected chi connectivity index (χ4v) is 3.57. The third-order valence-corrected chi connectivity index (χ3v) is 4.93. The highest BCUT2D eigenvalue weighted by atomic mass is 16.4. The van der Waals surface area contributed by atoms with E-state index in [0.29, 0.717) is 35.9 Å². The van der Waals surface area contributed by atoms with Crippen molar-refractivity contribution in [1.29, 1.82) is 0 Å². The van der Waals surface area contributed by atoms with Crippen molar-refractivity contribution in [2.75, 3.05) is 13.1 Å². The summed E-state index contributed by atoms with van der Waals surface area (Å²) >= 11 is 0. The van der Waals surface area contributed by atoms with Gasteiger partial charge >= 0.3 is 5.97 Å². The van der Waals surface area contributed by atoms with Gasteiger partial charge in [-0.05, 0) is 56.7 Å². The third kappa shape index (κ3) is 3.76. The molecule has 1 aromatic heterocycles. The largest absolute Gasteiger partial charge is 0.478 e. The summed E-state index contributed by atoms with van der Waals surface area (Å²) in [6, 6.07) is 8.97. The summed E-state index contributed by atoms with van der Waals surface area (Å²) in [5.74, 6) is 0.963. The van der Waals surface area contributed by atoms with E-state index in [9.17, 15) is 14.7 Å². The molecule has 0 aliphatic carbocycles. The number of rotatable bonds is 4. The van der Waals surface area contributed by atoms with E-state index in [1.807, 2.05) is 30.9 Å². The number of benzene rings is 1. The maximum atomic E-state index is 12.6. The minimum absolute atomic E-state index is 0.0266. The molecule has 1 aliphatic rings. The number of likely N-dealkylation sites (tertiary alicyclic amines) is 1. The predicted molar refractivity (Wildman–Crippen MR) is 93.9 cm³/mol. The zero-order valence-corrected chi connectivity index (χ0v) is 14.6. The molecule has 0 spiro atoms. The summed E-state index contributed by atoms with van der Waals surface area (Å²) in [4.78, 5) is 25.8. The van der Waals surface area contributed by atoms with Gasteiger partial charge < -0.3 is 14.4 Å². The minimum Gasteiger partial charge on any atom is -0.478 e. The number of furan rings is 1. The number of amides is 1. The normalized spacial score (nSPS) is 15.4. The summed E-state index contributed by atoms with van der Waals surface area (Å²) < 4.78 is 5.46. The number of carbonyl (C=O) groups is 2. The van der Waals surface area contributed by atoms with Gasteiger partial charge in [-0.3, -0.25) is 4.79 Å². The summed E-state index contributed by atoms with van der Waals surface area (Å²) in [5, 5.41) is 9.30. The van der Waals surface area contributed by atoms with Gasteiger partial charge in [0.2, 0.25) is 0 Å². The number of hydrogen-bond acceptors (Lipinski definition) is 3. The fourth-order valence-electron chi connectivity index (χ4n) is 3.57. The van der Waals surface area contributed by atoms with Crippen molar-refractivity contribution in [3.63, 3.8) is 0 Å². The van der Waals surface area contributed by atoms with Crippen LogP contribution in [-0.2, 0) is 6.42 Å². The molecule has 0 bridgehead atoms. The number of carboxylic acids is 1. The third-order valence-electron chi connectivity index (χ3n) is 4.93. The van der Waals surface area contributed by atoms with E-state index in [-0.39, 0.29) is 5.91 Å². The molecule has 0 saturated carbocycles. The molecule has 25 heavy (non-hydrogen) atoms. The lowest BCUT2D eigenvalue weighted by molar-refractivity contribution is 0.0688. The van der Waals surface area contributed by atoms with Crippen LogP contribution in [0.25, 0.3) is 0 Å². The number of aryl methyl sites for hydroxylation is 2. The lowest BCUT2D eigenvalue weighted by atomic mass is 9.88. The van der Waals surface area contributed by atoms with E-state index in [0.717, 1.165) is 30.6 Å². The van der Waals surface area contributed by atoms with Gasteiger partial charge in [0.15, 0.2) is 0 Å². The summed E-state index contributed by atoms with van der Waals surface area (Å²) in [7, 11) is 0. The summed E-state index contributed by atoms with van der Waals surface area (Å²) in [5.41, 5.74) is 1.90. The van der Waals surface area contributed by atoms with Crippen molar-refractivity contribution in [2.24, 2.45) is 5.92 Å². The first-order valence-corrected chi connectivity index (χ1v) is 8.63. The highest BCUT2D eigenvalue weighted by Gasteiger charge is 2.26. The molecular formula is C20H23NO4. The van der Waals surface area contributed by atoms with E-state index in [2.05, 4.69) is 0 Å². The van der Waals surface area contributed by atoms with Gasteiger partial charge in [-0.1, -0.05) is 18.2 Å². The highest BCUT2D eigenvalue weighted by molar-refractivity contribution is 5.95. The van der Waals surface area contributed by atoms with Crippen molar-refractivity contribution >= 4 is 11.9 Å². The van der Waals surface area contributed by atoms with Crippen molar-refractivity contribution < 1.29 is 19.1 Å². The van der Waals surface area contributed by atoms with Crippen LogP contribution in [0, 0.1) is 19.8 Å². The molecular weight excluding hydrogens is 318 g/mol. The van der Waals surface area contributed by atoms with Crippen LogP contribution in [0.5, 0.6) is 0 Å². The van der Waals surface area contributed by atoms with Gasteiger partial charge in [0, 0.05) is 13.1 Å². The highest BCUT2D eigenvalue weighted by Crippen LogP contribution is 2.25. The van der Waals surface area contributed by atoms with Crippen molar-refractivity contribution in [3.8, 4) is 0 Å².